The molecule has 0 radical (unpaired) electrons. The van der Waals surface area contributed by atoms with Crippen LogP contribution < -0.4 is 21.1 Å². The highest BCUT2D eigenvalue weighted by molar-refractivity contribution is 5.94. The normalized spacial score (nSPS) is 11.9. The number of carbonyl (C=O) groups excluding carboxylic acids is 1. The van der Waals surface area contributed by atoms with E-state index in [1.165, 1.54) is 0 Å². The Morgan fingerprint density at radius 2 is 1.42 bits per heavy atom. The van der Waals surface area contributed by atoms with Gasteiger partial charge in [-0.25, -0.2) is 4.98 Å². The van der Waals surface area contributed by atoms with E-state index in [4.69, 9.17) is 44.0 Å². The molecule has 0 fully saturated rings. The Bertz CT molecular complexity index is 1160. The molecule has 0 spiro atoms. The van der Waals surface area contributed by atoms with Crippen molar-refractivity contribution in [2.75, 3.05) is 117 Å². The Kier molecular flexibility index (Phi) is 22.1. The molecule has 1 heterocycles. The summed E-state index contributed by atoms with van der Waals surface area (Å²) in [5.41, 5.74) is 8.80. The summed E-state index contributed by atoms with van der Waals surface area (Å²) in [5.74, 6) is 1.05. The fourth-order valence-corrected chi connectivity index (χ4v) is 4.53. The molecule has 2 aromatic rings. The van der Waals surface area contributed by atoms with Gasteiger partial charge in [-0.1, -0.05) is 19.4 Å². The van der Waals surface area contributed by atoms with Crippen LogP contribution in [0.25, 0.3) is 0 Å². The molecule has 2 rings (SSSR count). The molecule has 15 nitrogen and oxygen atoms in total. The minimum Gasteiger partial charge on any atom is -0.496 e. The van der Waals surface area contributed by atoms with Crippen LogP contribution in [0.15, 0.2) is 18.2 Å². The van der Waals surface area contributed by atoms with Crippen LogP contribution in [-0.2, 0) is 34.8 Å². The number of nitrogens with two attached hydrogens (primary N) is 1. The van der Waals surface area contributed by atoms with E-state index in [0.717, 1.165) is 29.7 Å². The lowest BCUT2D eigenvalue weighted by molar-refractivity contribution is -0.0180. The van der Waals surface area contributed by atoms with Crippen molar-refractivity contribution in [3.63, 3.8) is 0 Å². The summed E-state index contributed by atoms with van der Waals surface area (Å²) < 4.78 is 38.0. The zero-order chi connectivity index (χ0) is 34.8. The number of methoxy groups -OCH3 is 1. The fourth-order valence-electron chi connectivity index (χ4n) is 4.53. The number of rotatable bonds is 29. The van der Waals surface area contributed by atoms with Crippen molar-refractivity contribution >= 4 is 17.7 Å². The van der Waals surface area contributed by atoms with Crippen molar-refractivity contribution < 1.29 is 48.2 Å². The van der Waals surface area contributed by atoms with Gasteiger partial charge in [0.15, 0.2) is 0 Å². The average molecular weight is 682 g/mol. The molecule has 272 valence electrons. The number of benzene rings is 1. The number of anilines is 2. The molecule has 0 bridgehead atoms. The van der Waals surface area contributed by atoms with E-state index >= 15 is 0 Å². The van der Waals surface area contributed by atoms with Crippen molar-refractivity contribution in [1.29, 1.82) is 0 Å². The second kappa shape index (κ2) is 25.8. The second-order valence-electron chi connectivity index (χ2n) is 10.7. The van der Waals surface area contributed by atoms with E-state index in [-0.39, 0.29) is 31.1 Å². The first-order valence-electron chi connectivity index (χ1n) is 16.5. The standard InChI is InChI=1S/C33H55N5O10/c1-4-5-28(24-40)37-31-29(25(2)36-33(34)38-31)22-26-6-7-27(23-30(26)42-3)32(41)35-8-10-43-12-14-45-16-18-47-20-21-48-19-17-46-15-13-44-11-9-39/h6-7,23,28,39-40H,4-5,8-22,24H2,1-3H3,(H,35,41)(H3,34,36,37,38). The van der Waals surface area contributed by atoms with Crippen molar-refractivity contribution in [3.05, 3.63) is 40.6 Å². The SMILES string of the molecule is CCCC(CO)Nc1nc(N)nc(C)c1Cc1ccc(C(=O)NCCOCCOCCOCCOCCOCCOCCO)cc1OC. The first kappa shape index (κ1) is 41.0. The Balaban J connectivity index is 1.62. The molecule has 0 saturated carbocycles. The maximum atomic E-state index is 12.8. The van der Waals surface area contributed by atoms with Gasteiger partial charge < -0.3 is 59.7 Å². The first-order chi connectivity index (χ1) is 23.4. The van der Waals surface area contributed by atoms with Gasteiger partial charge in [0.2, 0.25) is 5.95 Å². The number of nitrogens with zero attached hydrogens (tertiary/aromatic N) is 2. The lowest BCUT2D eigenvalue weighted by Gasteiger charge is -2.20. The predicted molar refractivity (Wildman–Crippen MR) is 181 cm³/mol. The third-order valence-corrected chi connectivity index (χ3v) is 6.97. The monoisotopic (exact) mass is 681 g/mol. The molecular weight excluding hydrogens is 626 g/mol. The number of aliphatic hydroxyl groups excluding tert-OH is 2. The van der Waals surface area contributed by atoms with E-state index < -0.39 is 0 Å². The minimum absolute atomic E-state index is 0.0109. The second-order valence-corrected chi connectivity index (χ2v) is 10.7. The number of amides is 1. The molecule has 1 unspecified atom stereocenters. The zero-order valence-electron chi connectivity index (χ0n) is 28.7. The third-order valence-electron chi connectivity index (χ3n) is 6.97. The summed E-state index contributed by atoms with van der Waals surface area (Å²) in [5, 5.41) is 24.6. The number of aromatic nitrogens is 2. The lowest BCUT2D eigenvalue weighted by Crippen LogP contribution is -2.27. The van der Waals surface area contributed by atoms with Crippen molar-refractivity contribution in [1.82, 2.24) is 15.3 Å². The van der Waals surface area contributed by atoms with Gasteiger partial charge in [0.05, 0.1) is 106 Å². The van der Waals surface area contributed by atoms with E-state index in [9.17, 15) is 9.90 Å². The van der Waals surface area contributed by atoms with Crippen LogP contribution in [0.3, 0.4) is 0 Å². The summed E-state index contributed by atoms with van der Waals surface area (Å²) in [6.07, 6.45) is 2.13. The molecule has 15 heteroatoms. The predicted octanol–water partition coefficient (Wildman–Crippen LogP) is 1.36. The Hall–Kier alpha value is -3.15. The average Bonchev–Trinajstić information content (AvgIpc) is 3.08. The molecule has 0 aliphatic heterocycles. The molecule has 0 aliphatic carbocycles. The van der Waals surface area contributed by atoms with Crippen LogP contribution in [0, 0.1) is 6.92 Å². The number of hydrogen-bond acceptors (Lipinski definition) is 14. The fraction of sp³-hybridized carbons (Fsp3) is 0.667. The Morgan fingerprint density at radius 3 is 1.94 bits per heavy atom. The Labute approximate surface area is 283 Å². The maximum Gasteiger partial charge on any atom is 0.251 e. The summed E-state index contributed by atoms with van der Waals surface area (Å²) in [6.45, 7) is 9.43. The molecule has 48 heavy (non-hydrogen) atoms. The molecule has 1 aromatic carbocycles. The van der Waals surface area contributed by atoms with Gasteiger partial charge in [0.1, 0.15) is 11.6 Å². The van der Waals surface area contributed by atoms with Crippen LogP contribution >= 0.6 is 0 Å². The zero-order valence-corrected chi connectivity index (χ0v) is 28.7. The van der Waals surface area contributed by atoms with Crippen LogP contribution in [0.5, 0.6) is 5.75 Å². The van der Waals surface area contributed by atoms with E-state index in [0.29, 0.717) is 109 Å². The maximum absolute atomic E-state index is 12.8. The number of ether oxygens (including phenoxy) is 7. The number of nitrogens with one attached hydrogen (secondary N) is 2. The molecule has 0 aliphatic rings. The third kappa shape index (κ3) is 16.8. The highest BCUT2D eigenvalue weighted by Gasteiger charge is 2.18. The number of nitrogen functional groups attached to an aromatic ring is 1. The van der Waals surface area contributed by atoms with Crippen LogP contribution in [0.1, 0.15) is 46.9 Å². The highest BCUT2D eigenvalue weighted by atomic mass is 16.6. The number of aryl methyl sites for hydroxylation is 1. The Morgan fingerprint density at radius 1 is 0.854 bits per heavy atom. The van der Waals surface area contributed by atoms with Gasteiger partial charge in [0, 0.05) is 29.8 Å². The van der Waals surface area contributed by atoms with Gasteiger partial charge in [-0.15, -0.1) is 0 Å². The van der Waals surface area contributed by atoms with E-state index in [1.54, 1.807) is 19.2 Å². The smallest absolute Gasteiger partial charge is 0.251 e. The van der Waals surface area contributed by atoms with Crippen molar-refractivity contribution in [3.8, 4) is 5.75 Å². The van der Waals surface area contributed by atoms with Crippen LogP contribution in [0.4, 0.5) is 11.8 Å². The van der Waals surface area contributed by atoms with Crippen molar-refractivity contribution in [2.45, 2.75) is 39.2 Å². The molecule has 1 amide bonds. The quantitative estimate of drug-likeness (QED) is 0.0772. The van der Waals surface area contributed by atoms with Crippen LogP contribution in [0.2, 0.25) is 0 Å². The number of carbonyl (C=O) groups is 1. The van der Waals surface area contributed by atoms with Gasteiger partial charge in [0.25, 0.3) is 5.91 Å². The topological polar surface area (TPSA) is 198 Å². The first-order valence-corrected chi connectivity index (χ1v) is 16.5. The van der Waals surface area contributed by atoms with Gasteiger partial charge in [-0.2, -0.15) is 4.98 Å². The summed E-state index contributed by atoms with van der Waals surface area (Å²) in [7, 11) is 1.56. The largest absolute Gasteiger partial charge is 0.496 e. The molecule has 1 atom stereocenters. The van der Waals surface area contributed by atoms with Gasteiger partial charge in [-0.3, -0.25) is 4.79 Å². The molecule has 1 aromatic heterocycles. The van der Waals surface area contributed by atoms with E-state index in [1.807, 2.05) is 13.0 Å². The minimum atomic E-state index is -0.239. The van der Waals surface area contributed by atoms with Crippen LogP contribution in [-0.4, -0.2) is 138 Å². The molecule has 0 saturated heterocycles. The molecular formula is C33H55N5O10. The highest BCUT2D eigenvalue weighted by Crippen LogP contribution is 2.28. The van der Waals surface area contributed by atoms with Gasteiger partial charge >= 0.3 is 0 Å². The number of aliphatic hydroxyl groups is 2. The summed E-state index contributed by atoms with van der Waals surface area (Å²) in [4.78, 5) is 21.5. The van der Waals surface area contributed by atoms with E-state index in [2.05, 4.69) is 27.5 Å². The summed E-state index contributed by atoms with van der Waals surface area (Å²) in [6, 6.07) is 5.15. The number of hydrogen-bond donors (Lipinski definition) is 5. The van der Waals surface area contributed by atoms with Crippen molar-refractivity contribution in [2.24, 2.45) is 0 Å². The lowest BCUT2D eigenvalue weighted by atomic mass is 10.0. The van der Waals surface area contributed by atoms with Gasteiger partial charge in [-0.05, 0) is 31.0 Å². The summed E-state index contributed by atoms with van der Waals surface area (Å²) >= 11 is 0. The molecule has 6 N–H and O–H groups in total.